The lowest BCUT2D eigenvalue weighted by Gasteiger charge is -2.36. The van der Waals surface area contributed by atoms with Gasteiger partial charge < -0.3 is 14.5 Å². The van der Waals surface area contributed by atoms with Gasteiger partial charge in [-0.1, -0.05) is 0 Å². The molecule has 4 heterocycles. The van der Waals surface area contributed by atoms with E-state index in [0.717, 1.165) is 5.56 Å². The summed E-state index contributed by atoms with van der Waals surface area (Å²) in [5, 5.41) is 0. The second kappa shape index (κ2) is 6.56. The molecule has 0 unspecified atom stereocenters. The Kier molecular flexibility index (Phi) is 4.10. The fourth-order valence-corrected chi connectivity index (χ4v) is 3.29. The van der Waals surface area contributed by atoms with Crippen LogP contribution in [0.25, 0.3) is 0 Å². The largest absolute Gasteiger partial charge is 0.364 e. The van der Waals surface area contributed by atoms with Crippen LogP contribution in [-0.4, -0.2) is 68.4 Å². The SMILES string of the molecule is O=C(c1cnccn1)N1C[C@@H]2[C@@H](C1)OCC(=O)N2Cc1ccncc1. The van der Waals surface area contributed by atoms with E-state index in [-0.39, 0.29) is 30.6 Å². The topological polar surface area (TPSA) is 88.5 Å². The number of pyridine rings is 1. The van der Waals surface area contributed by atoms with Gasteiger partial charge in [0, 0.05) is 44.4 Å². The number of carbonyl (C=O) groups is 2. The standard InChI is InChI=1S/C17H17N5O3/c23-16-11-25-15-10-21(17(24)13-7-19-5-6-20-13)9-14(15)22(16)8-12-1-3-18-4-2-12/h1-7,14-15H,8-11H2/t14-,15-/m1/s1. The molecule has 8 nitrogen and oxygen atoms in total. The number of hydrogen-bond acceptors (Lipinski definition) is 6. The summed E-state index contributed by atoms with van der Waals surface area (Å²) in [5.41, 5.74) is 1.30. The van der Waals surface area contributed by atoms with Crippen LogP contribution in [0.4, 0.5) is 0 Å². The van der Waals surface area contributed by atoms with E-state index in [1.165, 1.54) is 18.6 Å². The number of fused-ring (bicyclic) bond motifs is 1. The Morgan fingerprint density at radius 1 is 1.16 bits per heavy atom. The molecule has 0 aliphatic carbocycles. The molecule has 2 aromatic heterocycles. The van der Waals surface area contributed by atoms with E-state index in [1.54, 1.807) is 22.2 Å². The van der Waals surface area contributed by atoms with Crippen molar-refractivity contribution in [1.29, 1.82) is 0 Å². The van der Waals surface area contributed by atoms with Gasteiger partial charge in [-0.3, -0.25) is 19.6 Å². The third-order valence-electron chi connectivity index (χ3n) is 4.55. The minimum Gasteiger partial charge on any atom is -0.364 e. The summed E-state index contributed by atoms with van der Waals surface area (Å²) < 4.78 is 5.66. The van der Waals surface area contributed by atoms with Crippen molar-refractivity contribution < 1.29 is 14.3 Å². The average Bonchev–Trinajstić information content (AvgIpc) is 3.10. The molecular weight excluding hydrogens is 322 g/mol. The summed E-state index contributed by atoms with van der Waals surface area (Å²) in [5.74, 6) is -0.255. The molecular formula is C17H17N5O3. The minimum absolute atomic E-state index is 0.0411. The number of morpholine rings is 1. The molecule has 4 rings (SSSR count). The highest BCUT2D eigenvalue weighted by Crippen LogP contribution is 2.26. The van der Waals surface area contributed by atoms with Crippen LogP contribution in [0.2, 0.25) is 0 Å². The fourth-order valence-electron chi connectivity index (χ4n) is 3.29. The van der Waals surface area contributed by atoms with Gasteiger partial charge in [-0.05, 0) is 17.7 Å². The molecule has 25 heavy (non-hydrogen) atoms. The second-order valence-corrected chi connectivity index (χ2v) is 6.09. The second-order valence-electron chi connectivity index (χ2n) is 6.09. The van der Waals surface area contributed by atoms with Crippen LogP contribution >= 0.6 is 0 Å². The van der Waals surface area contributed by atoms with E-state index in [2.05, 4.69) is 15.0 Å². The normalized spacial score (nSPS) is 22.8. The Morgan fingerprint density at radius 2 is 2.00 bits per heavy atom. The number of amides is 2. The van der Waals surface area contributed by atoms with Gasteiger partial charge in [0.15, 0.2) is 0 Å². The van der Waals surface area contributed by atoms with Gasteiger partial charge in [-0.15, -0.1) is 0 Å². The zero-order valence-corrected chi connectivity index (χ0v) is 13.5. The van der Waals surface area contributed by atoms with Crippen LogP contribution in [0.5, 0.6) is 0 Å². The number of rotatable bonds is 3. The Hall–Kier alpha value is -2.87. The smallest absolute Gasteiger partial charge is 0.274 e. The van der Waals surface area contributed by atoms with Gasteiger partial charge in [0.2, 0.25) is 5.91 Å². The number of likely N-dealkylation sites (tertiary alicyclic amines) is 1. The predicted octanol–water partition coefficient (Wildman–Crippen LogP) is 0.124. The molecule has 0 spiro atoms. The maximum Gasteiger partial charge on any atom is 0.274 e. The van der Waals surface area contributed by atoms with Gasteiger partial charge in [-0.2, -0.15) is 0 Å². The number of hydrogen-bond donors (Lipinski definition) is 0. The summed E-state index contributed by atoms with van der Waals surface area (Å²) in [6, 6.07) is 3.61. The zero-order valence-electron chi connectivity index (χ0n) is 13.5. The van der Waals surface area contributed by atoms with Crippen molar-refractivity contribution in [3.8, 4) is 0 Å². The third-order valence-corrected chi connectivity index (χ3v) is 4.55. The lowest BCUT2D eigenvalue weighted by atomic mass is 10.1. The van der Waals surface area contributed by atoms with Gasteiger partial charge >= 0.3 is 0 Å². The molecule has 2 saturated heterocycles. The molecule has 0 aromatic carbocycles. The van der Waals surface area contributed by atoms with Crippen LogP contribution in [0.3, 0.4) is 0 Å². The molecule has 0 radical (unpaired) electrons. The summed E-state index contributed by atoms with van der Waals surface area (Å²) in [6.07, 6.45) is 7.70. The molecule has 2 aliphatic heterocycles. The Bertz CT molecular complexity index is 770. The first-order valence-corrected chi connectivity index (χ1v) is 8.07. The Labute approximate surface area is 144 Å². The lowest BCUT2D eigenvalue weighted by Crippen LogP contribution is -2.53. The van der Waals surface area contributed by atoms with E-state index < -0.39 is 0 Å². The Balaban J connectivity index is 1.52. The van der Waals surface area contributed by atoms with Crippen molar-refractivity contribution in [1.82, 2.24) is 24.8 Å². The first-order chi connectivity index (χ1) is 12.2. The number of aromatic nitrogens is 3. The van der Waals surface area contributed by atoms with Crippen molar-refractivity contribution in [2.45, 2.75) is 18.7 Å². The first-order valence-electron chi connectivity index (χ1n) is 8.07. The molecule has 128 valence electrons. The fraction of sp³-hybridized carbons (Fsp3) is 0.353. The lowest BCUT2D eigenvalue weighted by molar-refractivity contribution is -0.153. The van der Waals surface area contributed by atoms with Gasteiger partial charge in [0.05, 0.1) is 18.3 Å². The van der Waals surface area contributed by atoms with Crippen LogP contribution in [0, 0.1) is 0 Å². The predicted molar refractivity (Wildman–Crippen MR) is 86.3 cm³/mol. The summed E-state index contributed by atoms with van der Waals surface area (Å²) >= 11 is 0. The highest BCUT2D eigenvalue weighted by atomic mass is 16.5. The molecule has 2 atom stereocenters. The van der Waals surface area contributed by atoms with Crippen molar-refractivity contribution in [3.63, 3.8) is 0 Å². The van der Waals surface area contributed by atoms with Crippen LogP contribution in [-0.2, 0) is 16.1 Å². The maximum absolute atomic E-state index is 12.6. The van der Waals surface area contributed by atoms with Gasteiger partial charge in [-0.25, -0.2) is 4.98 Å². The van der Waals surface area contributed by atoms with E-state index in [1.807, 2.05) is 12.1 Å². The first kappa shape index (κ1) is 15.6. The quantitative estimate of drug-likeness (QED) is 0.789. The highest BCUT2D eigenvalue weighted by Gasteiger charge is 2.44. The van der Waals surface area contributed by atoms with E-state index in [4.69, 9.17) is 4.74 Å². The molecule has 8 heteroatoms. The molecule has 2 aliphatic rings. The third kappa shape index (κ3) is 3.08. The molecule has 0 bridgehead atoms. The van der Waals surface area contributed by atoms with Crippen molar-refractivity contribution in [3.05, 3.63) is 54.4 Å². The summed E-state index contributed by atoms with van der Waals surface area (Å²) in [7, 11) is 0. The van der Waals surface area contributed by atoms with Gasteiger partial charge in [0.1, 0.15) is 12.3 Å². The van der Waals surface area contributed by atoms with Crippen LogP contribution in [0.1, 0.15) is 16.1 Å². The van der Waals surface area contributed by atoms with E-state index in [0.29, 0.717) is 25.3 Å². The van der Waals surface area contributed by atoms with E-state index in [9.17, 15) is 9.59 Å². The molecule has 0 saturated carbocycles. The monoisotopic (exact) mass is 339 g/mol. The Morgan fingerprint density at radius 3 is 2.76 bits per heavy atom. The highest BCUT2D eigenvalue weighted by molar-refractivity contribution is 5.92. The average molecular weight is 339 g/mol. The van der Waals surface area contributed by atoms with E-state index >= 15 is 0 Å². The van der Waals surface area contributed by atoms with Crippen molar-refractivity contribution in [2.75, 3.05) is 19.7 Å². The zero-order chi connectivity index (χ0) is 17.2. The summed E-state index contributed by atoms with van der Waals surface area (Å²) in [4.78, 5) is 40.4. The number of carbonyl (C=O) groups excluding carboxylic acids is 2. The van der Waals surface area contributed by atoms with Crippen molar-refractivity contribution >= 4 is 11.8 Å². The summed E-state index contributed by atoms with van der Waals surface area (Å²) in [6.45, 7) is 1.40. The number of nitrogens with zero attached hydrogens (tertiary/aromatic N) is 5. The number of ether oxygens (including phenoxy) is 1. The van der Waals surface area contributed by atoms with Crippen molar-refractivity contribution in [2.24, 2.45) is 0 Å². The van der Waals surface area contributed by atoms with Gasteiger partial charge in [0.25, 0.3) is 5.91 Å². The maximum atomic E-state index is 12.6. The van der Waals surface area contributed by atoms with Crippen LogP contribution in [0.15, 0.2) is 43.1 Å². The molecule has 2 fully saturated rings. The van der Waals surface area contributed by atoms with Crippen LogP contribution < -0.4 is 0 Å². The molecule has 2 aromatic rings. The minimum atomic E-state index is -0.192. The molecule has 0 N–H and O–H groups in total. The molecule has 2 amide bonds.